The molecule has 0 aromatic carbocycles. The maximum Gasteiger partial charge on any atom is 0.234 e. The molecule has 15 heavy (non-hydrogen) atoms. The number of nitrogens with zero attached hydrogens (tertiary/aromatic N) is 3. The standard InChI is InChI=1S/C10H18N4O/c1-10(2,7-14(3)4)15-9-6-5-8(11)12-13-9/h5-6H,7H2,1-4H3,(H2,11,12). The highest BCUT2D eigenvalue weighted by Crippen LogP contribution is 2.15. The highest BCUT2D eigenvalue weighted by Gasteiger charge is 2.21. The molecule has 0 aliphatic rings. The number of hydrogen-bond acceptors (Lipinski definition) is 5. The van der Waals surface area contributed by atoms with Crippen molar-refractivity contribution in [3.8, 4) is 5.88 Å². The number of nitrogen functional groups attached to an aromatic ring is 1. The van der Waals surface area contributed by atoms with Crippen LogP contribution in [0.1, 0.15) is 13.8 Å². The number of ether oxygens (including phenoxy) is 1. The molecule has 0 radical (unpaired) electrons. The van der Waals surface area contributed by atoms with Crippen LogP contribution in [0, 0.1) is 0 Å². The number of rotatable bonds is 4. The lowest BCUT2D eigenvalue weighted by Gasteiger charge is -2.28. The van der Waals surface area contributed by atoms with Gasteiger partial charge in [0.25, 0.3) is 0 Å². The Morgan fingerprint density at radius 2 is 2.00 bits per heavy atom. The first kappa shape index (κ1) is 11.7. The van der Waals surface area contributed by atoms with Crippen molar-refractivity contribution in [3.05, 3.63) is 12.1 Å². The van der Waals surface area contributed by atoms with E-state index in [0.717, 1.165) is 6.54 Å². The van der Waals surface area contributed by atoms with Crippen molar-refractivity contribution in [1.29, 1.82) is 0 Å². The van der Waals surface area contributed by atoms with Gasteiger partial charge < -0.3 is 15.4 Å². The van der Waals surface area contributed by atoms with Crippen molar-refractivity contribution in [1.82, 2.24) is 15.1 Å². The zero-order valence-corrected chi connectivity index (χ0v) is 9.69. The van der Waals surface area contributed by atoms with Gasteiger partial charge in [-0.1, -0.05) is 0 Å². The van der Waals surface area contributed by atoms with Crippen molar-refractivity contribution in [2.75, 3.05) is 26.4 Å². The molecule has 5 heteroatoms. The molecule has 1 heterocycles. The van der Waals surface area contributed by atoms with Gasteiger partial charge in [-0.3, -0.25) is 0 Å². The summed E-state index contributed by atoms with van der Waals surface area (Å²) in [6.07, 6.45) is 0. The van der Waals surface area contributed by atoms with Crippen molar-refractivity contribution < 1.29 is 4.74 Å². The van der Waals surface area contributed by atoms with E-state index in [2.05, 4.69) is 15.1 Å². The molecule has 5 nitrogen and oxygen atoms in total. The van der Waals surface area contributed by atoms with Crippen molar-refractivity contribution in [2.24, 2.45) is 0 Å². The second-order valence-corrected chi connectivity index (χ2v) is 4.40. The smallest absolute Gasteiger partial charge is 0.234 e. The van der Waals surface area contributed by atoms with Crippen molar-refractivity contribution in [3.63, 3.8) is 0 Å². The van der Waals surface area contributed by atoms with Crippen LogP contribution in [0.15, 0.2) is 12.1 Å². The maximum atomic E-state index is 5.70. The number of nitrogens with two attached hydrogens (primary N) is 1. The molecule has 0 saturated carbocycles. The van der Waals surface area contributed by atoms with E-state index in [1.54, 1.807) is 12.1 Å². The number of aromatic nitrogens is 2. The first-order chi connectivity index (χ1) is 6.89. The van der Waals surface area contributed by atoms with Crippen LogP contribution in [0.25, 0.3) is 0 Å². The third-order valence-electron chi connectivity index (χ3n) is 1.74. The monoisotopic (exact) mass is 210 g/mol. The summed E-state index contributed by atoms with van der Waals surface area (Å²) in [5, 5.41) is 7.59. The van der Waals surface area contributed by atoms with E-state index in [-0.39, 0.29) is 5.60 Å². The summed E-state index contributed by atoms with van der Waals surface area (Å²) in [7, 11) is 4.00. The topological polar surface area (TPSA) is 64.3 Å². The lowest BCUT2D eigenvalue weighted by Crippen LogP contribution is -2.39. The Kier molecular flexibility index (Phi) is 3.47. The molecule has 0 spiro atoms. The fraction of sp³-hybridized carbons (Fsp3) is 0.600. The highest BCUT2D eigenvalue weighted by atomic mass is 16.5. The van der Waals surface area contributed by atoms with Crippen molar-refractivity contribution in [2.45, 2.75) is 19.4 Å². The first-order valence-electron chi connectivity index (χ1n) is 4.82. The molecule has 0 bridgehead atoms. The predicted octanol–water partition coefficient (Wildman–Crippen LogP) is 0.778. The van der Waals surface area contributed by atoms with Crippen LogP contribution in [-0.2, 0) is 0 Å². The van der Waals surface area contributed by atoms with E-state index in [1.807, 2.05) is 27.9 Å². The molecule has 0 saturated heterocycles. The molecule has 0 amide bonds. The van der Waals surface area contributed by atoms with Crippen LogP contribution in [0.4, 0.5) is 5.82 Å². The Morgan fingerprint density at radius 3 is 2.47 bits per heavy atom. The maximum absolute atomic E-state index is 5.70. The third kappa shape index (κ3) is 4.12. The molecule has 2 N–H and O–H groups in total. The largest absolute Gasteiger partial charge is 0.469 e. The highest BCUT2D eigenvalue weighted by molar-refractivity contribution is 5.27. The van der Waals surface area contributed by atoms with Gasteiger partial charge in [0, 0.05) is 12.6 Å². The summed E-state index contributed by atoms with van der Waals surface area (Å²) in [5.41, 5.74) is 5.14. The van der Waals surface area contributed by atoms with Gasteiger partial charge in [0.05, 0.1) is 0 Å². The molecule has 0 aliphatic heterocycles. The Balaban J connectivity index is 2.64. The van der Waals surface area contributed by atoms with Crippen LogP contribution >= 0.6 is 0 Å². The molecule has 84 valence electrons. The lowest BCUT2D eigenvalue weighted by atomic mass is 10.1. The molecular weight excluding hydrogens is 192 g/mol. The van der Waals surface area contributed by atoms with E-state index in [9.17, 15) is 0 Å². The summed E-state index contributed by atoms with van der Waals surface area (Å²) in [4.78, 5) is 2.06. The van der Waals surface area contributed by atoms with Gasteiger partial charge in [-0.2, -0.15) is 0 Å². The lowest BCUT2D eigenvalue weighted by molar-refractivity contribution is 0.0715. The molecule has 0 fully saturated rings. The van der Waals surface area contributed by atoms with E-state index in [1.165, 1.54) is 0 Å². The number of anilines is 1. The summed E-state index contributed by atoms with van der Waals surface area (Å²) in [6.45, 7) is 4.81. The summed E-state index contributed by atoms with van der Waals surface area (Å²) in [5.74, 6) is 0.892. The average molecular weight is 210 g/mol. The Bertz CT molecular complexity index is 308. The van der Waals surface area contributed by atoms with Crippen LogP contribution in [0.3, 0.4) is 0 Å². The second kappa shape index (κ2) is 4.44. The normalized spacial score (nSPS) is 11.8. The van der Waals surface area contributed by atoms with Gasteiger partial charge in [0.2, 0.25) is 5.88 Å². The van der Waals surface area contributed by atoms with Gasteiger partial charge in [0.1, 0.15) is 11.4 Å². The van der Waals surface area contributed by atoms with Crippen LogP contribution in [0.5, 0.6) is 5.88 Å². The second-order valence-electron chi connectivity index (χ2n) is 4.40. The van der Waals surface area contributed by atoms with Crippen LogP contribution in [-0.4, -0.2) is 41.3 Å². The van der Waals surface area contributed by atoms with E-state index < -0.39 is 0 Å². The van der Waals surface area contributed by atoms with Gasteiger partial charge in [-0.15, -0.1) is 10.2 Å². The minimum atomic E-state index is -0.297. The minimum Gasteiger partial charge on any atom is -0.469 e. The van der Waals surface area contributed by atoms with Crippen LogP contribution in [0.2, 0.25) is 0 Å². The van der Waals surface area contributed by atoms with Gasteiger partial charge in [-0.05, 0) is 34.0 Å². The molecule has 0 atom stereocenters. The first-order valence-corrected chi connectivity index (χ1v) is 4.82. The fourth-order valence-corrected chi connectivity index (χ4v) is 1.46. The fourth-order valence-electron chi connectivity index (χ4n) is 1.46. The quantitative estimate of drug-likeness (QED) is 0.795. The SMILES string of the molecule is CN(C)CC(C)(C)Oc1ccc(N)nn1. The average Bonchev–Trinajstić information content (AvgIpc) is 2.06. The summed E-state index contributed by atoms with van der Waals surface area (Å²) < 4.78 is 5.70. The van der Waals surface area contributed by atoms with Gasteiger partial charge >= 0.3 is 0 Å². The molecule has 1 aromatic rings. The molecule has 0 aliphatic carbocycles. The Morgan fingerprint density at radius 1 is 1.33 bits per heavy atom. The van der Waals surface area contributed by atoms with E-state index in [0.29, 0.717) is 11.7 Å². The van der Waals surface area contributed by atoms with Crippen molar-refractivity contribution >= 4 is 5.82 Å². The summed E-state index contributed by atoms with van der Waals surface area (Å²) >= 11 is 0. The molecule has 1 rings (SSSR count). The van der Waals surface area contributed by atoms with Gasteiger partial charge in [0.15, 0.2) is 0 Å². The van der Waals surface area contributed by atoms with E-state index >= 15 is 0 Å². The molecule has 0 unspecified atom stereocenters. The number of likely N-dealkylation sites (N-methyl/N-ethyl adjacent to an activating group) is 1. The van der Waals surface area contributed by atoms with E-state index in [4.69, 9.17) is 10.5 Å². The predicted molar refractivity (Wildman–Crippen MR) is 59.7 cm³/mol. The van der Waals surface area contributed by atoms with Crippen LogP contribution < -0.4 is 10.5 Å². The zero-order chi connectivity index (χ0) is 11.5. The Labute approximate surface area is 90.2 Å². The number of hydrogen-bond donors (Lipinski definition) is 1. The molecular formula is C10H18N4O. The van der Waals surface area contributed by atoms with Gasteiger partial charge in [-0.25, -0.2) is 0 Å². The molecule has 1 aromatic heterocycles. The summed E-state index contributed by atoms with van der Waals surface area (Å²) in [6, 6.07) is 3.40. The third-order valence-corrected chi connectivity index (χ3v) is 1.74. The Hall–Kier alpha value is -1.36. The minimum absolute atomic E-state index is 0.297. The zero-order valence-electron chi connectivity index (χ0n) is 9.69.